The van der Waals surface area contributed by atoms with Gasteiger partial charge in [-0.05, 0) is 13.3 Å². The summed E-state index contributed by atoms with van der Waals surface area (Å²) in [6, 6.07) is 0.329. The van der Waals surface area contributed by atoms with Gasteiger partial charge >= 0.3 is 0 Å². The summed E-state index contributed by atoms with van der Waals surface area (Å²) >= 11 is 6.37. The molecule has 2 aliphatic rings. The minimum atomic E-state index is -0.00292. The number of hydrogen-bond donors (Lipinski definition) is 2. The van der Waals surface area contributed by atoms with Crippen molar-refractivity contribution in [2.45, 2.75) is 49.7 Å². The van der Waals surface area contributed by atoms with E-state index in [1.165, 1.54) is 0 Å². The summed E-state index contributed by atoms with van der Waals surface area (Å²) in [5, 5.41) is 6.83. The lowest BCUT2D eigenvalue weighted by molar-refractivity contribution is -0.0657. The Morgan fingerprint density at radius 2 is 1.88 bits per heavy atom. The van der Waals surface area contributed by atoms with E-state index in [-0.39, 0.29) is 23.9 Å². The van der Waals surface area contributed by atoms with E-state index < -0.39 is 0 Å². The van der Waals surface area contributed by atoms with Crippen LogP contribution in [-0.4, -0.2) is 44.1 Å². The molecule has 0 aromatic carbocycles. The van der Waals surface area contributed by atoms with Crippen molar-refractivity contribution in [1.29, 1.82) is 0 Å². The van der Waals surface area contributed by atoms with Gasteiger partial charge in [0.05, 0.1) is 23.9 Å². The van der Waals surface area contributed by atoms with Crippen LogP contribution in [-0.2, 0) is 9.47 Å². The van der Waals surface area contributed by atoms with Crippen molar-refractivity contribution in [3.8, 4) is 0 Å². The Bertz CT molecular complexity index is 242. The standard InChI is InChI=1S/C11H21ClN2O2/c1-6-13-10-8(11(12)14-6)4-7(15-2)5-9(10)16-3/h6-11,13-14H,4-5H2,1-3H3. The number of rotatable bonds is 2. The van der Waals surface area contributed by atoms with E-state index >= 15 is 0 Å². The maximum Gasteiger partial charge on any atom is 0.0882 e. The molecule has 1 aliphatic heterocycles. The third kappa shape index (κ3) is 2.36. The molecule has 2 N–H and O–H groups in total. The van der Waals surface area contributed by atoms with Gasteiger partial charge in [0.25, 0.3) is 0 Å². The van der Waals surface area contributed by atoms with E-state index in [0.29, 0.717) is 12.0 Å². The molecule has 6 unspecified atom stereocenters. The minimum absolute atomic E-state index is 0.00292. The lowest BCUT2D eigenvalue weighted by Crippen LogP contribution is -2.66. The van der Waals surface area contributed by atoms with E-state index in [9.17, 15) is 0 Å². The Morgan fingerprint density at radius 1 is 1.12 bits per heavy atom. The van der Waals surface area contributed by atoms with Crippen LogP contribution in [0.1, 0.15) is 19.8 Å². The summed E-state index contributed by atoms with van der Waals surface area (Å²) in [5.41, 5.74) is -0.00292. The van der Waals surface area contributed by atoms with E-state index in [0.717, 1.165) is 12.8 Å². The Hall–Kier alpha value is 0.130. The maximum atomic E-state index is 6.37. The Labute approximate surface area is 102 Å². The van der Waals surface area contributed by atoms with Gasteiger partial charge in [-0.15, -0.1) is 11.6 Å². The van der Waals surface area contributed by atoms with Gasteiger partial charge < -0.3 is 9.47 Å². The lowest BCUT2D eigenvalue weighted by Gasteiger charge is -2.48. The van der Waals surface area contributed by atoms with Gasteiger partial charge in [0, 0.05) is 32.6 Å². The highest BCUT2D eigenvalue weighted by molar-refractivity contribution is 6.20. The van der Waals surface area contributed by atoms with E-state index in [2.05, 4.69) is 17.6 Å². The molecule has 0 radical (unpaired) electrons. The van der Waals surface area contributed by atoms with Gasteiger partial charge in [-0.3, -0.25) is 10.6 Å². The molecule has 1 aliphatic carbocycles. The van der Waals surface area contributed by atoms with Crippen molar-refractivity contribution in [1.82, 2.24) is 10.6 Å². The fourth-order valence-corrected chi connectivity index (χ4v) is 3.34. The molecule has 16 heavy (non-hydrogen) atoms. The largest absolute Gasteiger partial charge is 0.381 e. The molecule has 4 nitrogen and oxygen atoms in total. The lowest BCUT2D eigenvalue weighted by atomic mass is 9.79. The molecule has 1 saturated heterocycles. The number of methoxy groups -OCH3 is 2. The van der Waals surface area contributed by atoms with Crippen LogP contribution in [0, 0.1) is 5.92 Å². The Kier molecular flexibility index (Phi) is 4.08. The summed E-state index contributed by atoms with van der Waals surface area (Å²) < 4.78 is 11.0. The fraction of sp³-hybridized carbons (Fsp3) is 1.00. The highest BCUT2D eigenvalue weighted by Crippen LogP contribution is 2.34. The van der Waals surface area contributed by atoms with Crippen molar-refractivity contribution >= 4 is 11.6 Å². The number of hydrogen-bond acceptors (Lipinski definition) is 4. The molecule has 94 valence electrons. The van der Waals surface area contributed by atoms with Crippen LogP contribution in [0.25, 0.3) is 0 Å². The van der Waals surface area contributed by atoms with Crippen molar-refractivity contribution in [3.05, 3.63) is 0 Å². The molecular weight excluding hydrogens is 228 g/mol. The molecule has 0 spiro atoms. The van der Waals surface area contributed by atoms with Gasteiger partial charge in [-0.1, -0.05) is 0 Å². The second-order valence-corrected chi connectivity index (χ2v) is 5.22. The van der Waals surface area contributed by atoms with Crippen LogP contribution in [0.2, 0.25) is 0 Å². The minimum Gasteiger partial charge on any atom is -0.381 e. The van der Waals surface area contributed by atoms with Gasteiger partial charge in [0.2, 0.25) is 0 Å². The van der Waals surface area contributed by atoms with Crippen molar-refractivity contribution in [2.24, 2.45) is 5.92 Å². The zero-order chi connectivity index (χ0) is 11.7. The smallest absolute Gasteiger partial charge is 0.0882 e. The normalized spacial score (nSPS) is 48.8. The first kappa shape index (κ1) is 12.6. The molecule has 6 atom stereocenters. The molecule has 1 heterocycles. The number of fused-ring (bicyclic) bond motifs is 1. The van der Waals surface area contributed by atoms with Crippen molar-refractivity contribution in [3.63, 3.8) is 0 Å². The van der Waals surface area contributed by atoms with Gasteiger partial charge in [0.15, 0.2) is 0 Å². The van der Waals surface area contributed by atoms with Crippen LogP contribution in [0.3, 0.4) is 0 Å². The highest BCUT2D eigenvalue weighted by Gasteiger charge is 2.44. The quantitative estimate of drug-likeness (QED) is 0.563. The van der Waals surface area contributed by atoms with Crippen molar-refractivity contribution in [2.75, 3.05) is 14.2 Å². The number of ether oxygens (including phenoxy) is 2. The van der Waals surface area contributed by atoms with Gasteiger partial charge in [-0.25, -0.2) is 0 Å². The summed E-state index contributed by atoms with van der Waals surface area (Å²) in [5.74, 6) is 0.363. The van der Waals surface area contributed by atoms with E-state index in [1.807, 2.05) is 0 Å². The molecule has 0 aromatic rings. The molecule has 1 saturated carbocycles. The third-order valence-corrected chi connectivity index (χ3v) is 4.21. The van der Waals surface area contributed by atoms with E-state index in [1.54, 1.807) is 14.2 Å². The second-order valence-electron chi connectivity index (χ2n) is 4.75. The molecule has 0 amide bonds. The predicted molar refractivity (Wildman–Crippen MR) is 63.5 cm³/mol. The fourth-order valence-electron chi connectivity index (χ4n) is 2.89. The zero-order valence-electron chi connectivity index (χ0n) is 10.1. The summed E-state index contributed by atoms with van der Waals surface area (Å²) in [6.45, 7) is 2.08. The summed E-state index contributed by atoms with van der Waals surface area (Å²) in [4.78, 5) is 0. The molecule has 0 bridgehead atoms. The van der Waals surface area contributed by atoms with Gasteiger partial charge in [-0.2, -0.15) is 0 Å². The Balaban J connectivity index is 2.11. The van der Waals surface area contributed by atoms with Crippen LogP contribution in [0.4, 0.5) is 0 Å². The molecule has 0 aromatic heterocycles. The molecular formula is C11H21ClN2O2. The number of nitrogens with one attached hydrogen (secondary N) is 2. The maximum absolute atomic E-state index is 6.37. The topological polar surface area (TPSA) is 42.5 Å². The third-order valence-electron chi connectivity index (χ3n) is 3.76. The Morgan fingerprint density at radius 3 is 2.50 bits per heavy atom. The average Bonchev–Trinajstić information content (AvgIpc) is 2.28. The van der Waals surface area contributed by atoms with Crippen LogP contribution in [0.15, 0.2) is 0 Å². The summed E-state index contributed by atoms with van der Waals surface area (Å²) in [7, 11) is 3.52. The van der Waals surface area contributed by atoms with Crippen LogP contribution < -0.4 is 10.6 Å². The predicted octanol–water partition coefficient (Wildman–Crippen LogP) is 0.899. The highest BCUT2D eigenvalue weighted by atomic mass is 35.5. The molecule has 5 heteroatoms. The molecule has 2 fully saturated rings. The molecule has 2 rings (SSSR count). The summed E-state index contributed by atoms with van der Waals surface area (Å²) in [6.07, 6.45) is 2.61. The first-order valence-electron chi connectivity index (χ1n) is 5.87. The second kappa shape index (κ2) is 5.19. The van der Waals surface area contributed by atoms with Crippen molar-refractivity contribution < 1.29 is 9.47 Å². The van der Waals surface area contributed by atoms with Gasteiger partial charge in [0.1, 0.15) is 0 Å². The monoisotopic (exact) mass is 248 g/mol. The first-order chi connectivity index (χ1) is 7.65. The first-order valence-corrected chi connectivity index (χ1v) is 6.31. The van der Waals surface area contributed by atoms with Crippen LogP contribution in [0.5, 0.6) is 0 Å². The van der Waals surface area contributed by atoms with Crippen LogP contribution >= 0.6 is 11.6 Å². The number of alkyl halides is 1. The average molecular weight is 249 g/mol. The SMILES string of the molecule is COC1CC(OC)C2NC(C)NC(Cl)C2C1. The number of halogens is 1. The van der Waals surface area contributed by atoms with E-state index in [4.69, 9.17) is 21.1 Å². The zero-order valence-corrected chi connectivity index (χ0v) is 10.8.